The molecule has 0 bridgehead atoms. The summed E-state index contributed by atoms with van der Waals surface area (Å²) in [6.45, 7) is 13.5. The van der Waals surface area contributed by atoms with E-state index in [9.17, 15) is 0 Å². The van der Waals surface area contributed by atoms with Gasteiger partial charge in [-0.05, 0) is 32.6 Å². The molecule has 0 aromatic rings. The van der Waals surface area contributed by atoms with E-state index in [1.807, 2.05) is 13.8 Å². The zero-order valence-electron chi connectivity index (χ0n) is 9.98. The largest absolute Gasteiger partial charge is 0.378 e. The fraction of sp³-hybridized carbons (Fsp3) is 1.00. The minimum absolute atomic E-state index is 0.128. The number of hydrogen-bond acceptors (Lipinski definition) is 2. The van der Waals surface area contributed by atoms with Crippen LogP contribution in [0.25, 0.3) is 0 Å². The van der Waals surface area contributed by atoms with Gasteiger partial charge in [0.2, 0.25) is 0 Å². The molecule has 0 radical (unpaired) electrons. The summed E-state index contributed by atoms with van der Waals surface area (Å²) < 4.78 is 5.70. The Kier molecular flexibility index (Phi) is 4.40. The van der Waals surface area contributed by atoms with Gasteiger partial charge in [-0.1, -0.05) is 20.8 Å². The molecule has 0 aromatic carbocycles. The maximum absolute atomic E-state index is 5.90. The summed E-state index contributed by atoms with van der Waals surface area (Å²) in [4.78, 5) is 0. The summed E-state index contributed by atoms with van der Waals surface area (Å²) in [6, 6.07) is 0. The van der Waals surface area contributed by atoms with E-state index >= 15 is 0 Å². The van der Waals surface area contributed by atoms with Crippen LogP contribution in [-0.2, 0) is 4.74 Å². The molecule has 0 rings (SSSR count). The number of hydrogen-bond donors (Lipinski definition) is 1. The van der Waals surface area contributed by atoms with E-state index in [-0.39, 0.29) is 17.1 Å². The van der Waals surface area contributed by atoms with E-state index < -0.39 is 0 Å². The maximum atomic E-state index is 5.90. The second-order valence-electron chi connectivity index (χ2n) is 5.87. The zero-order chi connectivity index (χ0) is 10.7. The fourth-order valence-electron chi connectivity index (χ4n) is 1.19. The van der Waals surface area contributed by atoms with E-state index in [0.29, 0.717) is 0 Å². The van der Waals surface area contributed by atoms with Crippen LogP contribution in [0.5, 0.6) is 0 Å². The van der Waals surface area contributed by atoms with Crippen molar-refractivity contribution in [1.82, 2.24) is 0 Å². The third-order valence-electron chi connectivity index (χ3n) is 1.61. The highest BCUT2D eigenvalue weighted by atomic mass is 16.5. The molecule has 0 fully saturated rings. The van der Waals surface area contributed by atoms with Gasteiger partial charge in [-0.15, -0.1) is 0 Å². The van der Waals surface area contributed by atoms with Gasteiger partial charge in [0, 0.05) is 5.54 Å². The Morgan fingerprint density at radius 1 is 1.15 bits per heavy atom. The summed E-state index contributed by atoms with van der Waals surface area (Å²) in [6.07, 6.45) is 1.16. The van der Waals surface area contributed by atoms with Crippen molar-refractivity contribution in [2.45, 2.75) is 59.6 Å². The quantitative estimate of drug-likeness (QED) is 0.734. The molecule has 13 heavy (non-hydrogen) atoms. The normalized spacial score (nSPS) is 15.9. The molecule has 1 unspecified atom stereocenters. The molecular formula is C11H25NO. The topological polar surface area (TPSA) is 35.2 Å². The van der Waals surface area contributed by atoms with Crippen molar-refractivity contribution in [2.24, 2.45) is 11.1 Å². The van der Waals surface area contributed by atoms with E-state index in [1.165, 1.54) is 0 Å². The molecule has 0 aliphatic carbocycles. The Balaban J connectivity index is 3.70. The predicted molar refractivity (Wildman–Crippen MR) is 57.8 cm³/mol. The van der Waals surface area contributed by atoms with Crippen LogP contribution < -0.4 is 5.73 Å². The maximum Gasteiger partial charge on any atom is 0.0564 e. The number of rotatable bonds is 4. The van der Waals surface area contributed by atoms with Crippen LogP contribution in [0, 0.1) is 5.41 Å². The second-order valence-corrected chi connectivity index (χ2v) is 5.87. The first kappa shape index (κ1) is 12.9. The van der Waals surface area contributed by atoms with Crippen molar-refractivity contribution >= 4 is 0 Å². The van der Waals surface area contributed by atoms with Gasteiger partial charge in [-0.3, -0.25) is 0 Å². The molecule has 0 aliphatic heterocycles. The minimum atomic E-state index is -0.128. The first-order valence-electron chi connectivity index (χ1n) is 5.01. The average Bonchev–Trinajstić information content (AvgIpc) is 1.78. The monoisotopic (exact) mass is 187 g/mol. The SMILES string of the molecule is CC(CC(C)(C)N)OCC(C)(C)C. The average molecular weight is 187 g/mol. The molecule has 0 amide bonds. The lowest BCUT2D eigenvalue weighted by atomic mass is 9.97. The molecule has 0 saturated heterocycles. The van der Waals surface area contributed by atoms with Crippen molar-refractivity contribution in [3.05, 3.63) is 0 Å². The van der Waals surface area contributed by atoms with Crippen molar-refractivity contribution in [1.29, 1.82) is 0 Å². The van der Waals surface area contributed by atoms with E-state index in [0.717, 1.165) is 13.0 Å². The first-order chi connectivity index (χ1) is 5.60. The van der Waals surface area contributed by atoms with Crippen molar-refractivity contribution in [3.63, 3.8) is 0 Å². The highest BCUT2D eigenvalue weighted by Crippen LogP contribution is 2.17. The lowest BCUT2D eigenvalue weighted by Gasteiger charge is -2.26. The van der Waals surface area contributed by atoms with E-state index in [4.69, 9.17) is 10.5 Å². The third kappa shape index (κ3) is 9.84. The summed E-state index contributed by atoms with van der Waals surface area (Å²) in [5, 5.41) is 0. The molecule has 80 valence electrons. The van der Waals surface area contributed by atoms with Crippen LogP contribution in [0.2, 0.25) is 0 Å². The number of ether oxygens (including phenoxy) is 1. The Morgan fingerprint density at radius 3 is 1.92 bits per heavy atom. The summed E-state index contributed by atoms with van der Waals surface area (Å²) in [5.74, 6) is 0. The first-order valence-corrected chi connectivity index (χ1v) is 5.01. The van der Waals surface area contributed by atoms with Crippen molar-refractivity contribution in [3.8, 4) is 0 Å². The van der Waals surface area contributed by atoms with Crippen molar-refractivity contribution in [2.75, 3.05) is 6.61 Å². The summed E-state index contributed by atoms with van der Waals surface area (Å²) in [5.41, 5.74) is 6.01. The number of nitrogens with two attached hydrogens (primary N) is 1. The van der Waals surface area contributed by atoms with Crippen LogP contribution in [0.15, 0.2) is 0 Å². The van der Waals surface area contributed by atoms with Gasteiger partial charge >= 0.3 is 0 Å². The Hall–Kier alpha value is -0.0800. The molecule has 0 aliphatic rings. The van der Waals surface area contributed by atoms with Gasteiger partial charge in [0.15, 0.2) is 0 Å². The van der Waals surface area contributed by atoms with E-state index in [1.54, 1.807) is 0 Å². The Morgan fingerprint density at radius 2 is 1.62 bits per heavy atom. The summed E-state index contributed by atoms with van der Waals surface area (Å²) >= 11 is 0. The fourth-order valence-corrected chi connectivity index (χ4v) is 1.19. The van der Waals surface area contributed by atoms with Crippen LogP contribution in [0.1, 0.15) is 48.0 Å². The highest BCUT2D eigenvalue weighted by molar-refractivity contribution is 4.75. The smallest absolute Gasteiger partial charge is 0.0564 e. The molecule has 1 atom stereocenters. The molecule has 2 nitrogen and oxygen atoms in total. The van der Waals surface area contributed by atoms with Gasteiger partial charge in [0.05, 0.1) is 12.7 Å². The molecule has 0 saturated carbocycles. The molecular weight excluding hydrogens is 162 g/mol. The van der Waals surface area contributed by atoms with Crippen LogP contribution in [-0.4, -0.2) is 18.2 Å². The van der Waals surface area contributed by atoms with Gasteiger partial charge in [-0.2, -0.15) is 0 Å². The molecule has 2 heteroatoms. The van der Waals surface area contributed by atoms with Crippen LogP contribution in [0.4, 0.5) is 0 Å². The standard InChI is InChI=1S/C11H25NO/c1-9(7-11(5,6)12)13-8-10(2,3)4/h9H,7-8,12H2,1-6H3. The van der Waals surface area contributed by atoms with E-state index in [2.05, 4.69) is 27.7 Å². The Bertz CT molecular complexity index is 141. The van der Waals surface area contributed by atoms with Crippen LogP contribution >= 0.6 is 0 Å². The summed E-state index contributed by atoms with van der Waals surface area (Å²) in [7, 11) is 0. The zero-order valence-corrected chi connectivity index (χ0v) is 9.98. The van der Waals surface area contributed by atoms with Crippen LogP contribution in [0.3, 0.4) is 0 Å². The van der Waals surface area contributed by atoms with Gasteiger partial charge < -0.3 is 10.5 Å². The molecule has 0 spiro atoms. The molecule has 2 N–H and O–H groups in total. The lowest BCUT2D eigenvalue weighted by molar-refractivity contribution is 0.00596. The predicted octanol–water partition coefficient (Wildman–Crippen LogP) is 2.57. The van der Waals surface area contributed by atoms with Gasteiger partial charge in [0.25, 0.3) is 0 Å². The minimum Gasteiger partial charge on any atom is -0.378 e. The molecule has 0 aromatic heterocycles. The second kappa shape index (κ2) is 4.43. The Labute approximate surface area is 82.8 Å². The van der Waals surface area contributed by atoms with Gasteiger partial charge in [0.1, 0.15) is 0 Å². The molecule has 0 heterocycles. The van der Waals surface area contributed by atoms with Gasteiger partial charge in [-0.25, -0.2) is 0 Å². The lowest BCUT2D eigenvalue weighted by Crippen LogP contribution is -2.36. The highest BCUT2D eigenvalue weighted by Gasteiger charge is 2.18. The third-order valence-corrected chi connectivity index (χ3v) is 1.61. The van der Waals surface area contributed by atoms with Crippen molar-refractivity contribution < 1.29 is 4.74 Å².